The van der Waals surface area contributed by atoms with Crippen molar-refractivity contribution in [3.8, 4) is 11.3 Å². The third-order valence-electron chi connectivity index (χ3n) is 7.80. The van der Waals surface area contributed by atoms with Gasteiger partial charge in [-0.3, -0.25) is 9.69 Å². The van der Waals surface area contributed by atoms with E-state index in [0.29, 0.717) is 28.9 Å². The lowest BCUT2D eigenvalue weighted by Crippen LogP contribution is -2.43. The number of aliphatic carboxylic acids is 1. The van der Waals surface area contributed by atoms with Crippen LogP contribution in [0.5, 0.6) is 0 Å². The Morgan fingerprint density at radius 3 is 2.40 bits per heavy atom. The number of halogens is 5. The average Bonchev–Trinajstić information content (AvgIpc) is 3.48. The molecule has 3 heterocycles. The summed E-state index contributed by atoms with van der Waals surface area (Å²) < 4.78 is 61.7. The topological polar surface area (TPSA) is 140 Å². The summed E-state index contributed by atoms with van der Waals surface area (Å²) in [6.45, 7) is 10.3. The van der Waals surface area contributed by atoms with Crippen molar-refractivity contribution >= 4 is 35.4 Å². The van der Waals surface area contributed by atoms with Crippen LogP contribution in [0.2, 0.25) is 0 Å². The summed E-state index contributed by atoms with van der Waals surface area (Å²) in [5.74, 6) is -4.46. The molecule has 4 N–H and O–H groups in total. The fourth-order valence-corrected chi connectivity index (χ4v) is 5.49. The number of aryl methyl sites for hydroxylation is 1. The van der Waals surface area contributed by atoms with Crippen LogP contribution in [0.4, 0.5) is 44.2 Å². The van der Waals surface area contributed by atoms with E-state index in [9.17, 15) is 22.8 Å². The van der Waals surface area contributed by atoms with E-state index in [0.717, 1.165) is 48.5 Å². The molecule has 0 radical (unpaired) electrons. The van der Waals surface area contributed by atoms with Gasteiger partial charge < -0.3 is 21.1 Å². The van der Waals surface area contributed by atoms with Gasteiger partial charge in [-0.15, -0.1) is 0 Å². The first kappa shape index (κ1) is 36.0. The molecule has 1 saturated heterocycles. The number of aromatic nitrogens is 2. The summed E-state index contributed by atoms with van der Waals surface area (Å²) in [6, 6.07) is 8.30. The van der Waals surface area contributed by atoms with E-state index in [1.54, 1.807) is 12.1 Å². The van der Waals surface area contributed by atoms with Crippen molar-refractivity contribution in [2.24, 2.45) is 0 Å². The van der Waals surface area contributed by atoms with Gasteiger partial charge in [0.2, 0.25) is 5.95 Å². The minimum atomic E-state index is -5.08. The molecule has 2 aromatic carbocycles. The molecule has 0 bridgehead atoms. The van der Waals surface area contributed by atoms with Gasteiger partial charge in [0.1, 0.15) is 17.3 Å². The molecule has 258 valence electrons. The Labute approximate surface area is 273 Å². The standard InChI is InChI=1S/C30H35F2N7O2.C2HF3O2/c1-5-38-13-7-8-20(38)15-33-29-36-25(21-14-19(12-11-18(21)4)28(40)35-17(2)3)22-16-34-30(41)39(27(22)37-29)26-23(31)9-6-10-24(26)32;3-2(4,5)1(6)7/h6,9-12,14,17,20H,5,7-8,13,15-16H2,1-4H3,(H,34,41)(H,35,40)(H,33,36,37);(H,6,7). The van der Waals surface area contributed by atoms with Gasteiger partial charge in [0.05, 0.1) is 12.2 Å². The Morgan fingerprint density at radius 1 is 1.12 bits per heavy atom. The van der Waals surface area contributed by atoms with Gasteiger partial charge >= 0.3 is 18.2 Å². The molecule has 1 unspecified atom stereocenters. The number of nitrogens with one attached hydrogen (secondary N) is 3. The van der Waals surface area contributed by atoms with E-state index in [1.165, 1.54) is 6.07 Å². The minimum Gasteiger partial charge on any atom is -0.475 e. The number of hydrogen-bond donors (Lipinski definition) is 4. The summed E-state index contributed by atoms with van der Waals surface area (Å²) in [5.41, 5.74) is 2.38. The van der Waals surface area contributed by atoms with E-state index in [-0.39, 0.29) is 36.3 Å². The molecule has 0 saturated carbocycles. The van der Waals surface area contributed by atoms with Crippen molar-refractivity contribution in [3.63, 3.8) is 0 Å². The minimum absolute atomic E-state index is 0.0461. The Hall–Kier alpha value is -4.86. The largest absolute Gasteiger partial charge is 0.490 e. The molecule has 0 aliphatic carbocycles. The lowest BCUT2D eigenvalue weighted by atomic mass is 9.97. The van der Waals surface area contributed by atoms with Crippen LogP contribution >= 0.6 is 0 Å². The zero-order chi connectivity index (χ0) is 35.3. The molecule has 0 spiro atoms. The lowest BCUT2D eigenvalue weighted by Gasteiger charge is -2.31. The molecule has 1 aromatic heterocycles. The average molecular weight is 678 g/mol. The van der Waals surface area contributed by atoms with E-state index in [4.69, 9.17) is 14.9 Å². The van der Waals surface area contributed by atoms with Crippen molar-refractivity contribution < 1.29 is 41.4 Å². The van der Waals surface area contributed by atoms with Crippen LogP contribution in [0, 0.1) is 18.6 Å². The molecule has 48 heavy (non-hydrogen) atoms. The second-order valence-electron chi connectivity index (χ2n) is 11.5. The van der Waals surface area contributed by atoms with Crippen LogP contribution in [0.25, 0.3) is 11.3 Å². The highest BCUT2D eigenvalue weighted by Crippen LogP contribution is 2.39. The zero-order valence-corrected chi connectivity index (χ0v) is 26.7. The molecular weight excluding hydrogens is 641 g/mol. The number of benzene rings is 2. The van der Waals surface area contributed by atoms with E-state index < -0.39 is 35.5 Å². The van der Waals surface area contributed by atoms with Crippen molar-refractivity contribution in [3.05, 3.63) is 64.7 Å². The highest BCUT2D eigenvalue weighted by molar-refractivity contribution is 6.02. The van der Waals surface area contributed by atoms with Gasteiger partial charge in [0.15, 0.2) is 5.82 Å². The normalized spacial score (nSPS) is 16.2. The molecule has 3 aromatic rings. The summed E-state index contributed by atoms with van der Waals surface area (Å²) in [6.07, 6.45) is -2.96. The quantitative estimate of drug-likeness (QED) is 0.221. The third-order valence-corrected chi connectivity index (χ3v) is 7.80. The SMILES string of the molecule is CCN1CCCC1CNc1nc(-c2cc(C(=O)NC(C)C)ccc2C)c2c(n1)N(c1c(F)cccc1F)C(=O)NC2.O=C(O)C(F)(F)F. The molecule has 5 rings (SSSR count). The first-order chi connectivity index (χ1) is 22.6. The number of likely N-dealkylation sites (tertiary alicyclic amines) is 1. The second kappa shape index (κ2) is 14.9. The van der Waals surface area contributed by atoms with Crippen LogP contribution in [0.1, 0.15) is 55.1 Å². The van der Waals surface area contributed by atoms with Gasteiger partial charge in [0, 0.05) is 35.3 Å². The zero-order valence-electron chi connectivity index (χ0n) is 26.7. The van der Waals surface area contributed by atoms with Crippen molar-refractivity contribution in [2.45, 2.75) is 65.3 Å². The number of alkyl halides is 3. The predicted molar refractivity (Wildman–Crippen MR) is 168 cm³/mol. The summed E-state index contributed by atoms with van der Waals surface area (Å²) in [5, 5.41) is 16.1. The molecule has 1 fully saturated rings. The highest BCUT2D eigenvalue weighted by Gasteiger charge is 2.38. The Kier molecular flexibility index (Phi) is 11.2. The van der Waals surface area contributed by atoms with Gasteiger partial charge in [-0.05, 0) is 76.5 Å². The monoisotopic (exact) mass is 677 g/mol. The molecule has 2 aliphatic rings. The number of urea groups is 1. The molecule has 11 nitrogen and oxygen atoms in total. The van der Waals surface area contributed by atoms with Crippen molar-refractivity contribution in [1.82, 2.24) is 25.5 Å². The van der Waals surface area contributed by atoms with Crippen LogP contribution in [-0.4, -0.2) is 75.8 Å². The number of amides is 3. The number of anilines is 3. The maximum Gasteiger partial charge on any atom is 0.490 e. The smallest absolute Gasteiger partial charge is 0.475 e. The number of carboxylic acids is 1. The fourth-order valence-electron chi connectivity index (χ4n) is 5.49. The number of carbonyl (C=O) groups excluding carboxylic acids is 2. The number of para-hydroxylation sites is 1. The number of fused-ring (bicyclic) bond motifs is 1. The number of rotatable bonds is 8. The molecule has 16 heteroatoms. The predicted octanol–water partition coefficient (Wildman–Crippen LogP) is 5.76. The summed E-state index contributed by atoms with van der Waals surface area (Å²) >= 11 is 0. The van der Waals surface area contributed by atoms with Gasteiger partial charge in [-0.2, -0.15) is 18.2 Å². The van der Waals surface area contributed by atoms with Gasteiger partial charge in [-0.25, -0.2) is 28.3 Å². The lowest BCUT2D eigenvalue weighted by molar-refractivity contribution is -0.192. The number of hydrogen-bond acceptors (Lipinski definition) is 7. The highest BCUT2D eigenvalue weighted by atomic mass is 19.4. The first-order valence-electron chi connectivity index (χ1n) is 15.2. The Morgan fingerprint density at radius 2 is 1.79 bits per heavy atom. The van der Waals surface area contributed by atoms with Crippen molar-refractivity contribution in [2.75, 3.05) is 29.9 Å². The summed E-state index contributed by atoms with van der Waals surface area (Å²) in [7, 11) is 0. The van der Waals surface area contributed by atoms with Crippen LogP contribution in [0.15, 0.2) is 36.4 Å². The van der Waals surface area contributed by atoms with E-state index >= 15 is 8.78 Å². The number of carboxylic acid groups (broad SMARTS) is 1. The van der Waals surface area contributed by atoms with Gasteiger partial charge in [-0.1, -0.05) is 19.1 Å². The second-order valence-corrected chi connectivity index (χ2v) is 11.5. The maximum absolute atomic E-state index is 15.0. The molecular formula is C32H36F5N7O4. The Balaban J connectivity index is 0.000000671. The van der Waals surface area contributed by atoms with Crippen LogP contribution in [0.3, 0.4) is 0 Å². The maximum atomic E-state index is 15.0. The van der Waals surface area contributed by atoms with Gasteiger partial charge in [0.25, 0.3) is 5.91 Å². The molecule has 1 atom stereocenters. The number of likely N-dealkylation sites (N-methyl/N-ethyl adjacent to an activating group) is 1. The number of carbonyl (C=O) groups is 3. The first-order valence-corrected chi connectivity index (χ1v) is 15.2. The van der Waals surface area contributed by atoms with Crippen LogP contribution in [-0.2, 0) is 11.3 Å². The summed E-state index contributed by atoms with van der Waals surface area (Å²) in [4.78, 5) is 47.7. The molecule has 2 aliphatic heterocycles. The Bertz CT molecular complexity index is 1660. The van der Waals surface area contributed by atoms with E-state index in [1.807, 2.05) is 26.8 Å². The fraction of sp³-hybridized carbons (Fsp3) is 0.406. The molecule has 3 amide bonds. The third kappa shape index (κ3) is 8.16. The van der Waals surface area contributed by atoms with E-state index in [2.05, 4.69) is 32.8 Å². The van der Waals surface area contributed by atoms with Crippen LogP contribution < -0.4 is 20.9 Å². The van der Waals surface area contributed by atoms with Crippen molar-refractivity contribution in [1.29, 1.82) is 0 Å². The number of nitrogens with zero attached hydrogens (tertiary/aromatic N) is 4.